The molecule has 2 aromatic rings. The van der Waals surface area contributed by atoms with Gasteiger partial charge >= 0.3 is 0 Å². The Morgan fingerprint density at radius 2 is 2.17 bits per heavy atom. The van der Waals surface area contributed by atoms with Gasteiger partial charge in [0.1, 0.15) is 5.15 Å². The molecule has 1 heterocycles. The van der Waals surface area contributed by atoms with Crippen LogP contribution in [-0.2, 0) is 0 Å². The van der Waals surface area contributed by atoms with Crippen molar-refractivity contribution in [3.63, 3.8) is 0 Å². The van der Waals surface area contributed by atoms with Crippen molar-refractivity contribution in [2.45, 2.75) is 0 Å². The average molecular weight is 327 g/mol. The van der Waals surface area contributed by atoms with Crippen LogP contribution in [0.5, 0.6) is 0 Å². The number of carbonyl (C=O) groups is 1. The summed E-state index contributed by atoms with van der Waals surface area (Å²) in [6.45, 7) is 0. The van der Waals surface area contributed by atoms with Gasteiger partial charge in [-0.2, -0.15) is 0 Å². The van der Waals surface area contributed by atoms with E-state index in [2.05, 4.69) is 26.2 Å². The fraction of sp³-hybridized carbons (Fsp3) is 0. The Kier molecular flexibility index (Phi) is 3.84. The molecule has 1 aromatic heterocycles. The Labute approximate surface area is 117 Å². The molecular formula is C12H9BrClN3O. The van der Waals surface area contributed by atoms with Gasteiger partial charge in [0, 0.05) is 17.6 Å². The highest BCUT2D eigenvalue weighted by molar-refractivity contribution is 9.10. The molecule has 6 heteroatoms. The zero-order chi connectivity index (χ0) is 13.1. The van der Waals surface area contributed by atoms with Crippen LogP contribution in [0.2, 0.25) is 5.15 Å². The van der Waals surface area contributed by atoms with E-state index in [0.29, 0.717) is 26.6 Å². The normalized spacial score (nSPS) is 10.1. The molecule has 92 valence electrons. The minimum Gasteiger partial charge on any atom is -0.398 e. The molecule has 0 radical (unpaired) electrons. The summed E-state index contributed by atoms with van der Waals surface area (Å²) in [5.41, 5.74) is 7.27. The molecule has 0 fully saturated rings. The van der Waals surface area contributed by atoms with E-state index in [9.17, 15) is 4.79 Å². The van der Waals surface area contributed by atoms with Crippen molar-refractivity contribution < 1.29 is 4.79 Å². The van der Waals surface area contributed by atoms with Gasteiger partial charge in [-0.05, 0) is 40.2 Å². The third kappa shape index (κ3) is 2.80. The van der Waals surface area contributed by atoms with Crippen LogP contribution in [0.15, 0.2) is 41.0 Å². The van der Waals surface area contributed by atoms with Gasteiger partial charge in [0.15, 0.2) is 0 Å². The Balaban J connectivity index is 2.25. The lowest BCUT2D eigenvalue weighted by Crippen LogP contribution is -2.13. The lowest BCUT2D eigenvalue weighted by molar-refractivity contribution is 0.102. The van der Waals surface area contributed by atoms with Crippen molar-refractivity contribution in [3.05, 3.63) is 51.7 Å². The summed E-state index contributed by atoms with van der Waals surface area (Å²) in [5, 5.41) is 3.04. The van der Waals surface area contributed by atoms with E-state index in [-0.39, 0.29) is 5.91 Å². The maximum absolute atomic E-state index is 12.0. The van der Waals surface area contributed by atoms with E-state index in [1.807, 2.05) is 0 Å². The highest BCUT2D eigenvalue weighted by Crippen LogP contribution is 2.24. The van der Waals surface area contributed by atoms with Crippen molar-refractivity contribution >= 4 is 44.8 Å². The van der Waals surface area contributed by atoms with Gasteiger partial charge in [0.2, 0.25) is 0 Å². The summed E-state index contributed by atoms with van der Waals surface area (Å²) >= 11 is 9.02. The van der Waals surface area contributed by atoms with E-state index in [1.54, 1.807) is 30.3 Å². The summed E-state index contributed by atoms with van der Waals surface area (Å²) in [6.07, 6.45) is 1.52. The number of nitrogens with two attached hydrogens (primary N) is 1. The zero-order valence-corrected chi connectivity index (χ0v) is 11.5. The Hall–Kier alpha value is -1.59. The molecular weight excluding hydrogens is 318 g/mol. The van der Waals surface area contributed by atoms with Crippen LogP contribution in [0, 0.1) is 0 Å². The number of carbonyl (C=O) groups excluding carboxylic acids is 1. The molecule has 0 aliphatic heterocycles. The minimum absolute atomic E-state index is 0.267. The largest absolute Gasteiger partial charge is 0.398 e. The zero-order valence-electron chi connectivity index (χ0n) is 9.15. The van der Waals surface area contributed by atoms with E-state index >= 15 is 0 Å². The third-order valence-corrected chi connectivity index (χ3v) is 3.35. The van der Waals surface area contributed by atoms with Crippen LogP contribution < -0.4 is 11.1 Å². The number of anilines is 2. The van der Waals surface area contributed by atoms with Gasteiger partial charge in [-0.25, -0.2) is 4.98 Å². The second-order valence-corrected chi connectivity index (χ2v) is 4.71. The highest BCUT2D eigenvalue weighted by Gasteiger charge is 2.12. The number of nitrogen functional groups attached to an aromatic ring is 1. The number of pyridine rings is 1. The number of rotatable bonds is 2. The molecule has 0 aliphatic rings. The first-order chi connectivity index (χ1) is 8.58. The van der Waals surface area contributed by atoms with Crippen molar-refractivity contribution in [2.75, 3.05) is 11.1 Å². The second-order valence-electron chi connectivity index (χ2n) is 3.53. The molecule has 0 spiro atoms. The number of aromatic nitrogens is 1. The van der Waals surface area contributed by atoms with Crippen molar-refractivity contribution in [3.8, 4) is 0 Å². The van der Waals surface area contributed by atoms with Crippen LogP contribution in [0.4, 0.5) is 11.4 Å². The van der Waals surface area contributed by atoms with E-state index in [4.69, 9.17) is 17.3 Å². The summed E-state index contributed by atoms with van der Waals surface area (Å²) in [6, 6.07) is 8.33. The van der Waals surface area contributed by atoms with Crippen molar-refractivity contribution in [2.24, 2.45) is 0 Å². The van der Waals surface area contributed by atoms with Gasteiger partial charge in [0.25, 0.3) is 5.91 Å². The first-order valence-corrected chi connectivity index (χ1v) is 6.22. The van der Waals surface area contributed by atoms with Crippen LogP contribution in [-0.4, -0.2) is 10.9 Å². The SMILES string of the molecule is Nc1cccc(C(=O)Nc2ccnc(Cl)c2)c1Br. The Bertz CT molecular complexity index is 604. The molecule has 0 saturated carbocycles. The quantitative estimate of drug-likeness (QED) is 0.657. The van der Waals surface area contributed by atoms with Crippen LogP contribution in [0.25, 0.3) is 0 Å². The smallest absolute Gasteiger partial charge is 0.256 e. The van der Waals surface area contributed by atoms with Crippen LogP contribution >= 0.6 is 27.5 Å². The molecule has 2 rings (SSSR count). The van der Waals surface area contributed by atoms with E-state index < -0.39 is 0 Å². The number of nitrogens with zero attached hydrogens (tertiary/aromatic N) is 1. The molecule has 0 atom stereocenters. The third-order valence-electron chi connectivity index (χ3n) is 2.26. The van der Waals surface area contributed by atoms with E-state index in [0.717, 1.165) is 0 Å². The minimum atomic E-state index is -0.267. The average Bonchev–Trinajstić information content (AvgIpc) is 2.32. The van der Waals surface area contributed by atoms with Crippen LogP contribution in [0.3, 0.4) is 0 Å². The number of hydrogen-bond donors (Lipinski definition) is 2. The first kappa shape index (κ1) is 12.9. The molecule has 0 bridgehead atoms. The number of hydrogen-bond acceptors (Lipinski definition) is 3. The Morgan fingerprint density at radius 1 is 1.39 bits per heavy atom. The number of amides is 1. The standard InChI is InChI=1S/C12H9BrClN3O/c13-11-8(2-1-3-9(11)15)12(18)17-7-4-5-16-10(14)6-7/h1-6H,15H2,(H,16,17,18). The molecule has 1 aromatic carbocycles. The maximum Gasteiger partial charge on any atom is 0.256 e. The van der Waals surface area contributed by atoms with Crippen LogP contribution in [0.1, 0.15) is 10.4 Å². The summed E-state index contributed by atoms with van der Waals surface area (Å²) < 4.78 is 0.572. The molecule has 0 unspecified atom stereocenters. The van der Waals surface area contributed by atoms with Gasteiger partial charge < -0.3 is 11.1 Å². The van der Waals surface area contributed by atoms with E-state index in [1.165, 1.54) is 6.20 Å². The van der Waals surface area contributed by atoms with Gasteiger partial charge in [0.05, 0.1) is 10.0 Å². The maximum atomic E-state index is 12.0. The summed E-state index contributed by atoms with van der Waals surface area (Å²) in [7, 11) is 0. The fourth-order valence-corrected chi connectivity index (χ4v) is 2.02. The van der Waals surface area contributed by atoms with Gasteiger partial charge in [-0.1, -0.05) is 17.7 Å². The first-order valence-electron chi connectivity index (χ1n) is 5.05. The highest BCUT2D eigenvalue weighted by atomic mass is 79.9. The molecule has 3 N–H and O–H groups in total. The second kappa shape index (κ2) is 5.37. The summed E-state index contributed by atoms with van der Waals surface area (Å²) in [4.78, 5) is 15.9. The summed E-state index contributed by atoms with van der Waals surface area (Å²) in [5.74, 6) is -0.267. The molecule has 0 saturated heterocycles. The van der Waals surface area contributed by atoms with Gasteiger partial charge in [-0.15, -0.1) is 0 Å². The molecule has 1 amide bonds. The predicted molar refractivity (Wildman–Crippen MR) is 75.8 cm³/mol. The van der Waals surface area contributed by atoms with Crippen molar-refractivity contribution in [1.29, 1.82) is 0 Å². The topological polar surface area (TPSA) is 68.0 Å². The van der Waals surface area contributed by atoms with Gasteiger partial charge in [-0.3, -0.25) is 4.79 Å². The number of nitrogens with one attached hydrogen (secondary N) is 1. The number of halogens is 2. The molecule has 4 nitrogen and oxygen atoms in total. The molecule has 18 heavy (non-hydrogen) atoms. The lowest BCUT2D eigenvalue weighted by atomic mass is 10.2. The fourth-order valence-electron chi connectivity index (χ4n) is 1.40. The lowest BCUT2D eigenvalue weighted by Gasteiger charge is -2.08. The number of benzene rings is 1. The van der Waals surface area contributed by atoms with Crippen molar-refractivity contribution in [1.82, 2.24) is 4.98 Å². The molecule has 0 aliphatic carbocycles. The Morgan fingerprint density at radius 3 is 2.89 bits per heavy atom. The monoisotopic (exact) mass is 325 g/mol. The predicted octanol–water partition coefficient (Wildman–Crippen LogP) is 3.33.